The van der Waals surface area contributed by atoms with E-state index in [1.165, 1.54) is 6.07 Å². The number of anilines is 1. The van der Waals surface area contributed by atoms with E-state index in [1.54, 1.807) is 11.0 Å². The maximum atomic E-state index is 12.9. The zero-order valence-electron chi connectivity index (χ0n) is 22.3. The van der Waals surface area contributed by atoms with Crippen LogP contribution in [-0.2, 0) is 16.1 Å². The zero-order chi connectivity index (χ0) is 28.2. The average molecular weight is 556 g/mol. The number of aromatic nitrogens is 3. The van der Waals surface area contributed by atoms with E-state index in [0.717, 1.165) is 54.7 Å². The van der Waals surface area contributed by atoms with Crippen molar-refractivity contribution in [3.8, 4) is 11.3 Å². The highest BCUT2D eigenvalue weighted by molar-refractivity contribution is 6.05. The Kier molecular flexibility index (Phi) is 6.06. The maximum absolute atomic E-state index is 12.9. The minimum atomic E-state index is -0.619. The van der Waals surface area contributed by atoms with E-state index in [1.807, 2.05) is 35.1 Å². The molecule has 12 nitrogen and oxygen atoms in total. The standard InChI is InChI=1S/C29H29N7O5/c37-26-9-8-24(28(38)32-26)34-14-18-12-19(6-7-21(18)29(34)39)30-13-16-10-20(11-16)35-15-22(27(33-35)17-4-5-17)23-2-1-3-25(31-23)36(40)41/h1-3,6-7,12,15-17,20,24,30H,4-5,8-11,13-14H2,(H,32,37,38). The van der Waals surface area contributed by atoms with E-state index in [0.29, 0.717) is 36.1 Å². The molecule has 0 bridgehead atoms. The molecule has 4 heterocycles. The molecule has 7 rings (SSSR count). The van der Waals surface area contributed by atoms with Crippen molar-refractivity contribution in [1.29, 1.82) is 0 Å². The molecule has 1 unspecified atom stereocenters. The monoisotopic (exact) mass is 555 g/mol. The first-order valence-corrected chi connectivity index (χ1v) is 14.1. The minimum absolute atomic E-state index is 0.161. The molecule has 2 N–H and O–H groups in total. The van der Waals surface area contributed by atoms with Crippen molar-refractivity contribution in [3.05, 3.63) is 69.5 Å². The number of hydrogen-bond donors (Lipinski definition) is 2. The highest BCUT2D eigenvalue weighted by atomic mass is 16.6. The molecule has 2 aromatic heterocycles. The lowest BCUT2D eigenvalue weighted by Crippen LogP contribution is -2.52. The Labute approximate surface area is 235 Å². The first kappa shape index (κ1) is 25.4. The largest absolute Gasteiger partial charge is 0.385 e. The van der Waals surface area contributed by atoms with Gasteiger partial charge in [0.1, 0.15) is 6.04 Å². The van der Waals surface area contributed by atoms with Crippen LogP contribution in [0, 0.1) is 16.0 Å². The van der Waals surface area contributed by atoms with Gasteiger partial charge in [0, 0.05) is 48.9 Å². The highest BCUT2D eigenvalue weighted by Gasteiger charge is 2.39. The quantitative estimate of drug-likeness (QED) is 0.243. The molecule has 210 valence electrons. The highest BCUT2D eigenvalue weighted by Crippen LogP contribution is 2.45. The van der Waals surface area contributed by atoms with Gasteiger partial charge in [0.25, 0.3) is 5.91 Å². The van der Waals surface area contributed by atoms with Gasteiger partial charge in [-0.25, -0.2) is 0 Å². The number of benzene rings is 1. The number of fused-ring (bicyclic) bond motifs is 1. The fourth-order valence-corrected chi connectivity index (χ4v) is 6.15. The second-order valence-electron chi connectivity index (χ2n) is 11.5. The maximum Gasteiger partial charge on any atom is 0.364 e. The van der Waals surface area contributed by atoms with Crippen LogP contribution >= 0.6 is 0 Å². The van der Waals surface area contributed by atoms with Gasteiger partial charge in [-0.1, -0.05) is 0 Å². The van der Waals surface area contributed by atoms with Crippen molar-refractivity contribution < 1.29 is 19.3 Å². The van der Waals surface area contributed by atoms with Crippen LogP contribution in [0.2, 0.25) is 0 Å². The molecule has 3 aromatic rings. The number of hydrogen-bond acceptors (Lipinski definition) is 8. The number of imide groups is 1. The molecule has 2 saturated carbocycles. The SMILES string of the molecule is O=C1CCC(N2Cc3cc(NCC4CC(n5cc(-c6cccc([N+](=O)[O-])n6)c(C6CC6)n5)C4)ccc3C2=O)C(=O)N1. The number of carbonyl (C=O) groups excluding carboxylic acids is 3. The van der Waals surface area contributed by atoms with Crippen LogP contribution < -0.4 is 10.6 Å². The number of nitrogens with zero attached hydrogens (tertiary/aromatic N) is 5. The molecular formula is C29H29N7O5. The minimum Gasteiger partial charge on any atom is -0.385 e. The summed E-state index contributed by atoms with van der Waals surface area (Å²) in [5, 5.41) is 22.0. The summed E-state index contributed by atoms with van der Waals surface area (Å²) in [6.07, 6.45) is 6.67. The number of rotatable bonds is 8. The molecule has 1 aromatic carbocycles. The molecule has 2 aliphatic heterocycles. The van der Waals surface area contributed by atoms with Gasteiger partial charge in [-0.15, -0.1) is 0 Å². The second-order valence-corrected chi connectivity index (χ2v) is 11.5. The number of pyridine rings is 1. The Morgan fingerprint density at radius 1 is 1.07 bits per heavy atom. The summed E-state index contributed by atoms with van der Waals surface area (Å²) in [6, 6.07) is 10.2. The third-order valence-electron chi connectivity index (χ3n) is 8.63. The Hall–Kier alpha value is -4.61. The van der Waals surface area contributed by atoms with Crippen molar-refractivity contribution in [2.75, 3.05) is 11.9 Å². The van der Waals surface area contributed by atoms with E-state index in [4.69, 9.17) is 5.10 Å². The second kappa shape index (κ2) is 9.79. The molecule has 1 saturated heterocycles. The average Bonchev–Trinajstić information content (AvgIpc) is 3.61. The van der Waals surface area contributed by atoms with Gasteiger partial charge in [0.2, 0.25) is 11.8 Å². The molecule has 2 aliphatic carbocycles. The zero-order valence-corrected chi connectivity index (χ0v) is 22.3. The van der Waals surface area contributed by atoms with E-state index in [2.05, 4.69) is 15.6 Å². The third kappa shape index (κ3) is 4.72. The summed E-state index contributed by atoms with van der Waals surface area (Å²) in [7, 11) is 0. The summed E-state index contributed by atoms with van der Waals surface area (Å²) >= 11 is 0. The van der Waals surface area contributed by atoms with Gasteiger partial charge in [0.15, 0.2) is 5.69 Å². The third-order valence-corrected chi connectivity index (χ3v) is 8.63. The van der Waals surface area contributed by atoms with Gasteiger partial charge in [-0.3, -0.25) is 24.4 Å². The van der Waals surface area contributed by atoms with Crippen LogP contribution in [0.5, 0.6) is 0 Å². The Bertz CT molecular complexity index is 1590. The Morgan fingerprint density at radius 2 is 1.90 bits per heavy atom. The van der Waals surface area contributed by atoms with Crippen molar-refractivity contribution >= 4 is 29.2 Å². The molecule has 0 radical (unpaired) electrons. The molecule has 0 spiro atoms. The van der Waals surface area contributed by atoms with Crippen molar-refractivity contribution in [2.45, 2.75) is 63.1 Å². The molecular weight excluding hydrogens is 526 g/mol. The van der Waals surface area contributed by atoms with Gasteiger partial charge >= 0.3 is 5.82 Å². The molecule has 1 atom stereocenters. The van der Waals surface area contributed by atoms with Crippen LogP contribution in [0.3, 0.4) is 0 Å². The summed E-state index contributed by atoms with van der Waals surface area (Å²) in [4.78, 5) is 53.3. The number of nitrogens with one attached hydrogen (secondary N) is 2. The fourth-order valence-electron chi connectivity index (χ4n) is 6.15. The van der Waals surface area contributed by atoms with Crippen molar-refractivity contribution in [1.82, 2.24) is 25.0 Å². The topological polar surface area (TPSA) is 152 Å². The number of amides is 3. The lowest BCUT2D eigenvalue weighted by atomic mass is 9.80. The van der Waals surface area contributed by atoms with E-state index in [9.17, 15) is 24.5 Å². The lowest BCUT2D eigenvalue weighted by Gasteiger charge is -2.35. The number of carbonyl (C=O) groups is 3. The van der Waals surface area contributed by atoms with Gasteiger partial charge in [-0.05, 0) is 83.8 Å². The van der Waals surface area contributed by atoms with Crippen LogP contribution in [-0.4, -0.2) is 54.9 Å². The number of piperidine rings is 1. The van der Waals surface area contributed by atoms with E-state index < -0.39 is 16.9 Å². The predicted octanol–water partition coefficient (Wildman–Crippen LogP) is 3.55. The normalized spacial score (nSPS) is 23.7. The van der Waals surface area contributed by atoms with Crippen LogP contribution in [0.4, 0.5) is 11.5 Å². The van der Waals surface area contributed by atoms with Gasteiger partial charge in [-0.2, -0.15) is 5.10 Å². The van der Waals surface area contributed by atoms with Crippen LogP contribution in [0.15, 0.2) is 42.6 Å². The predicted molar refractivity (Wildman–Crippen MR) is 147 cm³/mol. The van der Waals surface area contributed by atoms with Crippen molar-refractivity contribution in [2.24, 2.45) is 5.92 Å². The summed E-state index contributed by atoms with van der Waals surface area (Å²) in [5.74, 6) is -0.185. The van der Waals surface area contributed by atoms with Crippen LogP contribution in [0.25, 0.3) is 11.3 Å². The molecule has 41 heavy (non-hydrogen) atoms. The first-order valence-electron chi connectivity index (χ1n) is 14.1. The van der Waals surface area contributed by atoms with Crippen molar-refractivity contribution in [3.63, 3.8) is 0 Å². The summed E-state index contributed by atoms with van der Waals surface area (Å²) < 4.78 is 2.02. The Morgan fingerprint density at radius 3 is 2.66 bits per heavy atom. The Balaban J connectivity index is 0.974. The molecule has 4 aliphatic rings. The van der Waals surface area contributed by atoms with Crippen LogP contribution in [0.1, 0.15) is 72.1 Å². The smallest absolute Gasteiger partial charge is 0.364 e. The summed E-state index contributed by atoms with van der Waals surface area (Å²) in [6.45, 7) is 1.14. The molecule has 3 fully saturated rings. The van der Waals surface area contributed by atoms with Gasteiger partial charge in [0.05, 0.1) is 17.3 Å². The molecule has 3 amide bonds. The first-order chi connectivity index (χ1) is 19.8. The molecule has 12 heteroatoms. The fraction of sp³-hybridized carbons (Fsp3) is 0.414. The van der Waals surface area contributed by atoms with Gasteiger partial charge < -0.3 is 20.3 Å². The summed E-state index contributed by atoms with van der Waals surface area (Å²) in [5.41, 5.74) is 4.87. The van der Waals surface area contributed by atoms with E-state index in [-0.39, 0.29) is 30.1 Å². The lowest BCUT2D eigenvalue weighted by molar-refractivity contribution is -0.389. The van der Waals surface area contributed by atoms with E-state index >= 15 is 0 Å². The number of nitro groups is 1.